The van der Waals surface area contributed by atoms with Gasteiger partial charge in [0.1, 0.15) is 0 Å². The van der Waals surface area contributed by atoms with Crippen molar-refractivity contribution in [2.45, 2.75) is 6.92 Å². The van der Waals surface area contributed by atoms with Gasteiger partial charge in [-0.25, -0.2) is 0 Å². The van der Waals surface area contributed by atoms with Gasteiger partial charge in [-0.1, -0.05) is 11.6 Å². The summed E-state index contributed by atoms with van der Waals surface area (Å²) in [5, 5.41) is 8.51. The first kappa shape index (κ1) is 14.5. The molecule has 3 N–H and O–H groups in total. The minimum absolute atomic E-state index is 0.178. The van der Waals surface area contributed by atoms with Crippen LogP contribution in [0.2, 0.25) is 5.02 Å². The summed E-state index contributed by atoms with van der Waals surface area (Å²) in [5.41, 5.74) is 0.805. The van der Waals surface area contributed by atoms with Gasteiger partial charge >= 0.3 is 0 Å². The molecular weight excluding hydrogens is 254 g/mol. The van der Waals surface area contributed by atoms with E-state index in [1.807, 2.05) is 6.92 Å². The maximum Gasteiger partial charge on any atom is 0.253 e. The highest BCUT2D eigenvalue weighted by Gasteiger charge is 2.13. The van der Waals surface area contributed by atoms with Gasteiger partial charge in [0.15, 0.2) is 0 Å². The second-order valence-corrected chi connectivity index (χ2v) is 4.06. The van der Waals surface area contributed by atoms with E-state index in [9.17, 15) is 9.59 Å². The standard InChI is InChI=1S/C12H16ClN3O2/c1-3-15-12(18)9-6-8(13)4-5-10(9)16-11(17)7-14-2/h4-6,14H,3,7H2,1-2H3,(H,15,18)(H,16,17). The van der Waals surface area contributed by atoms with Gasteiger partial charge in [-0.15, -0.1) is 0 Å². The summed E-state index contributed by atoms with van der Waals surface area (Å²) < 4.78 is 0. The lowest BCUT2D eigenvalue weighted by Crippen LogP contribution is -2.28. The third-order valence-electron chi connectivity index (χ3n) is 2.17. The van der Waals surface area contributed by atoms with E-state index in [0.717, 1.165) is 0 Å². The number of anilines is 1. The molecule has 0 saturated carbocycles. The Morgan fingerprint density at radius 1 is 1.33 bits per heavy atom. The smallest absolute Gasteiger partial charge is 0.253 e. The Morgan fingerprint density at radius 3 is 2.67 bits per heavy atom. The number of carbonyl (C=O) groups excluding carboxylic acids is 2. The van der Waals surface area contributed by atoms with E-state index in [0.29, 0.717) is 22.8 Å². The van der Waals surface area contributed by atoms with Crippen LogP contribution in [0, 0.1) is 0 Å². The average molecular weight is 270 g/mol. The molecule has 1 aromatic rings. The number of nitrogens with one attached hydrogen (secondary N) is 3. The lowest BCUT2D eigenvalue weighted by molar-refractivity contribution is -0.115. The number of likely N-dealkylation sites (N-methyl/N-ethyl adjacent to an activating group) is 1. The minimum atomic E-state index is -0.264. The molecule has 0 heterocycles. The van der Waals surface area contributed by atoms with E-state index in [2.05, 4.69) is 16.0 Å². The Morgan fingerprint density at radius 2 is 2.06 bits per heavy atom. The van der Waals surface area contributed by atoms with Crippen LogP contribution >= 0.6 is 11.6 Å². The molecule has 0 radical (unpaired) electrons. The Balaban J connectivity index is 2.96. The Hall–Kier alpha value is -1.59. The van der Waals surface area contributed by atoms with Gasteiger partial charge in [0, 0.05) is 11.6 Å². The van der Waals surface area contributed by atoms with Crippen LogP contribution in [0.5, 0.6) is 0 Å². The maximum atomic E-state index is 11.8. The van der Waals surface area contributed by atoms with Crippen LogP contribution in [0.4, 0.5) is 5.69 Å². The van der Waals surface area contributed by atoms with Crippen molar-refractivity contribution in [3.05, 3.63) is 28.8 Å². The van der Waals surface area contributed by atoms with Crippen LogP contribution in [-0.4, -0.2) is 32.0 Å². The normalized spacial score (nSPS) is 9.94. The highest BCUT2D eigenvalue weighted by atomic mass is 35.5. The van der Waals surface area contributed by atoms with Gasteiger partial charge in [-0.2, -0.15) is 0 Å². The molecule has 98 valence electrons. The highest BCUT2D eigenvalue weighted by molar-refractivity contribution is 6.31. The van der Waals surface area contributed by atoms with Crippen LogP contribution in [-0.2, 0) is 4.79 Å². The van der Waals surface area contributed by atoms with Crippen molar-refractivity contribution < 1.29 is 9.59 Å². The summed E-state index contributed by atoms with van der Waals surface area (Å²) in [6, 6.07) is 4.77. The van der Waals surface area contributed by atoms with E-state index in [1.165, 1.54) is 6.07 Å². The molecule has 1 rings (SSSR count). The van der Waals surface area contributed by atoms with Crippen molar-refractivity contribution in [1.82, 2.24) is 10.6 Å². The van der Waals surface area contributed by atoms with E-state index >= 15 is 0 Å². The van der Waals surface area contributed by atoms with E-state index in [-0.39, 0.29) is 18.4 Å². The fourth-order valence-corrected chi connectivity index (χ4v) is 1.60. The average Bonchev–Trinajstić information content (AvgIpc) is 2.32. The van der Waals surface area contributed by atoms with E-state index in [1.54, 1.807) is 19.2 Å². The summed E-state index contributed by atoms with van der Waals surface area (Å²) in [7, 11) is 1.67. The molecular formula is C12H16ClN3O2. The van der Waals surface area contributed by atoms with Gasteiger partial charge in [0.05, 0.1) is 17.8 Å². The lowest BCUT2D eigenvalue weighted by Gasteiger charge is -2.11. The van der Waals surface area contributed by atoms with Gasteiger partial charge in [0.2, 0.25) is 5.91 Å². The zero-order valence-corrected chi connectivity index (χ0v) is 11.1. The summed E-state index contributed by atoms with van der Waals surface area (Å²) in [5.74, 6) is -0.481. The topological polar surface area (TPSA) is 70.2 Å². The Labute approximate surface area is 111 Å². The summed E-state index contributed by atoms with van der Waals surface area (Å²) in [6.45, 7) is 2.51. The van der Waals surface area contributed by atoms with Crippen molar-refractivity contribution in [2.24, 2.45) is 0 Å². The van der Waals surface area contributed by atoms with Crippen LogP contribution in [0.3, 0.4) is 0 Å². The monoisotopic (exact) mass is 269 g/mol. The fourth-order valence-electron chi connectivity index (χ4n) is 1.42. The largest absolute Gasteiger partial charge is 0.352 e. The van der Waals surface area contributed by atoms with E-state index in [4.69, 9.17) is 11.6 Å². The molecule has 1 aromatic carbocycles. The number of carbonyl (C=O) groups is 2. The molecule has 6 heteroatoms. The lowest BCUT2D eigenvalue weighted by atomic mass is 10.1. The molecule has 0 aliphatic carbocycles. The fraction of sp³-hybridized carbons (Fsp3) is 0.333. The molecule has 2 amide bonds. The molecule has 0 unspecified atom stereocenters. The number of benzene rings is 1. The number of amides is 2. The van der Waals surface area contributed by atoms with Gasteiger partial charge in [-0.05, 0) is 32.2 Å². The number of hydrogen-bond donors (Lipinski definition) is 3. The predicted molar refractivity (Wildman–Crippen MR) is 72.0 cm³/mol. The molecule has 0 aliphatic rings. The van der Waals surface area contributed by atoms with Crippen molar-refractivity contribution in [2.75, 3.05) is 25.5 Å². The van der Waals surface area contributed by atoms with Crippen molar-refractivity contribution in [3.8, 4) is 0 Å². The highest BCUT2D eigenvalue weighted by Crippen LogP contribution is 2.20. The first-order chi connectivity index (χ1) is 8.58. The third kappa shape index (κ3) is 4.01. The SMILES string of the molecule is CCNC(=O)c1cc(Cl)ccc1NC(=O)CNC. The Kier molecular flexibility index (Phi) is 5.61. The van der Waals surface area contributed by atoms with Crippen molar-refractivity contribution in [1.29, 1.82) is 0 Å². The van der Waals surface area contributed by atoms with Crippen molar-refractivity contribution >= 4 is 29.1 Å². The van der Waals surface area contributed by atoms with Gasteiger partial charge in [-0.3, -0.25) is 9.59 Å². The predicted octanol–water partition coefficient (Wildman–Crippen LogP) is 1.25. The maximum absolute atomic E-state index is 11.8. The first-order valence-electron chi connectivity index (χ1n) is 5.60. The van der Waals surface area contributed by atoms with Crippen LogP contribution in [0.1, 0.15) is 17.3 Å². The van der Waals surface area contributed by atoms with Crippen LogP contribution in [0.15, 0.2) is 18.2 Å². The number of halogens is 1. The molecule has 18 heavy (non-hydrogen) atoms. The Bertz CT molecular complexity index is 449. The summed E-state index contributed by atoms with van der Waals surface area (Å²) in [4.78, 5) is 23.3. The molecule has 0 spiro atoms. The molecule has 0 atom stereocenters. The van der Waals surface area contributed by atoms with E-state index < -0.39 is 0 Å². The molecule has 5 nitrogen and oxygen atoms in total. The molecule has 0 bridgehead atoms. The van der Waals surface area contributed by atoms with Crippen molar-refractivity contribution in [3.63, 3.8) is 0 Å². The second kappa shape index (κ2) is 6.98. The third-order valence-corrected chi connectivity index (χ3v) is 2.41. The first-order valence-corrected chi connectivity index (χ1v) is 5.98. The zero-order valence-electron chi connectivity index (χ0n) is 10.3. The summed E-state index contributed by atoms with van der Waals surface area (Å²) >= 11 is 5.85. The second-order valence-electron chi connectivity index (χ2n) is 3.63. The molecule has 0 aliphatic heterocycles. The zero-order chi connectivity index (χ0) is 13.5. The molecule has 0 aromatic heterocycles. The van der Waals surface area contributed by atoms with Crippen LogP contribution in [0.25, 0.3) is 0 Å². The molecule has 0 saturated heterocycles. The number of rotatable bonds is 5. The van der Waals surface area contributed by atoms with Crippen LogP contribution < -0.4 is 16.0 Å². The van der Waals surface area contributed by atoms with Gasteiger partial charge in [0.25, 0.3) is 5.91 Å². The number of hydrogen-bond acceptors (Lipinski definition) is 3. The minimum Gasteiger partial charge on any atom is -0.352 e. The summed E-state index contributed by atoms with van der Waals surface area (Å²) in [6.07, 6.45) is 0. The quantitative estimate of drug-likeness (QED) is 0.753. The van der Waals surface area contributed by atoms with Gasteiger partial charge < -0.3 is 16.0 Å². The molecule has 0 fully saturated rings.